The molecule has 0 saturated carbocycles. The van der Waals surface area contributed by atoms with Gasteiger partial charge < -0.3 is 0 Å². The minimum atomic E-state index is -0.619. The molecule has 0 spiro atoms. The predicted octanol–water partition coefficient (Wildman–Crippen LogP) is 26.0. The van der Waals surface area contributed by atoms with Gasteiger partial charge >= 0.3 is 0 Å². The molecule has 0 fully saturated rings. The maximum absolute atomic E-state index is 10.1. The van der Waals surface area contributed by atoms with Gasteiger partial charge in [0.1, 0.15) is 0 Å². The third-order valence-electron chi connectivity index (χ3n) is 23.1. The quantitative estimate of drug-likeness (QED) is 0.105. The summed E-state index contributed by atoms with van der Waals surface area (Å²) in [7, 11) is 0. The zero-order valence-corrected chi connectivity index (χ0v) is 64.0. The van der Waals surface area contributed by atoms with E-state index in [1.807, 2.05) is 54.6 Å². The van der Waals surface area contributed by atoms with E-state index >= 15 is 0 Å². The van der Waals surface area contributed by atoms with Crippen LogP contribution in [0, 0.1) is 22.7 Å². The van der Waals surface area contributed by atoms with Crippen LogP contribution in [-0.4, -0.2) is 29.9 Å². The second-order valence-electron chi connectivity index (χ2n) is 29.8. The first-order chi connectivity index (χ1) is 58.3. The number of aromatic nitrogens is 6. The number of hydrogen-bond acceptors (Lipinski definition) is 8. The summed E-state index contributed by atoms with van der Waals surface area (Å²) in [6.07, 6.45) is 0. The first-order valence-electron chi connectivity index (χ1n) is 39.6. The fraction of sp³-hybridized carbons (Fsp3) is 0.0182. The molecule has 2 aliphatic carbocycles. The third-order valence-corrected chi connectivity index (χ3v) is 23.1. The van der Waals surface area contributed by atoms with Crippen LogP contribution in [-0.2, 0) is 10.8 Å². The maximum Gasteiger partial charge on any atom is 0.164 e. The topological polar surface area (TPSA) is 125 Å². The van der Waals surface area contributed by atoms with Gasteiger partial charge in [-0.15, -0.1) is 0 Å². The Balaban J connectivity index is 0.000000153. The van der Waals surface area contributed by atoms with Gasteiger partial charge in [-0.3, -0.25) is 0 Å². The molecular weight excluding hydrogens is 1430 g/mol. The van der Waals surface area contributed by atoms with Crippen LogP contribution in [0.15, 0.2) is 425 Å². The summed E-state index contributed by atoms with van der Waals surface area (Å²) in [6, 6.07) is 153. The lowest BCUT2D eigenvalue weighted by atomic mass is 9.67. The Morgan fingerprint density at radius 3 is 0.712 bits per heavy atom. The highest BCUT2D eigenvalue weighted by Gasteiger charge is 2.48. The van der Waals surface area contributed by atoms with Gasteiger partial charge in [0, 0.05) is 33.4 Å². The van der Waals surface area contributed by atoms with Crippen molar-refractivity contribution in [3.8, 4) is 147 Å². The number of fused-ring (bicyclic) bond motifs is 7. The van der Waals surface area contributed by atoms with Crippen molar-refractivity contribution in [2.75, 3.05) is 0 Å². The van der Waals surface area contributed by atoms with E-state index in [1.54, 1.807) is 0 Å². The Kier molecular flexibility index (Phi) is 18.4. The van der Waals surface area contributed by atoms with Crippen molar-refractivity contribution in [2.45, 2.75) is 10.8 Å². The van der Waals surface area contributed by atoms with Crippen molar-refractivity contribution < 1.29 is 0 Å². The van der Waals surface area contributed by atoms with E-state index in [0.29, 0.717) is 46.1 Å². The van der Waals surface area contributed by atoms with Crippen molar-refractivity contribution in [3.05, 3.63) is 480 Å². The standard InChI is InChI=1S/C59H38N4.C51H32N4/c60-39-40-21-35-52-53-36-34-49(38-55(53)59(54(52)37-40,50-17-9-3-10-18-50)51-19-11-4-12-20-51)45-26-32-48(33-27-45)58-62-56(46-28-22-43(23-29-46)41-13-5-1-6-14-41)61-57(63-58)47-30-24-44(25-31-47)42-15-7-2-8-16-42;52-33-34-20-28-44-45-29-27-40(32-47(45)51(46(44)30-34,42-16-6-2-7-17-42)43-18-8-3-9-19-43)36-21-24-38(25-22-36)49-53-48(37-13-4-1-5-14-37)54-50(55-49)41-26-23-35-12-10-11-15-39(35)31-41/h1-38H;1-32H. The van der Waals surface area contributed by atoms with Crippen LogP contribution in [0.4, 0.5) is 0 Å². The molecule has 118 heavy (non-hydrogen) atoms. The number of nitrogens with zero attached hydrogens (tertiary/aromatic N) is 8. The summed E-state index contributed by atoms with van der Waals surface area (Å²) in [5.74, 6) is 3.71. The molecule has 0 saturated heterocycles. The van der Waals surface area contributed by atoms with Gasteiger partial charge in [0.15, 0.2) is 34.9 Å². The second-order valence-corrected chi connectivity index (χ2v) is 29.8. The first kappa shape index (κ1) is 71.1. The number of hydrogen-bond donors (Lipinski definition) is 0. The Morgan fingerprint density at radius 2 is 0.390 bits per heavy atom. The summed E-state index contributed by atoms with van der Waals surface area (Å²) in [5.41, 5.74) is 28.4. The van der Waals surface area contributed by atoms with E-state index in [4.69, 9.17) is 29.9 Å². The first-order valence-corrected chi connectivity index (χ1v) is 39.6. The molecular formula is C110H70N8. The SMILES string of the molecule is N#Cc1ccc2c(c1)C(c1ccccc1)(c1ccccc1)c1cc(-c3ccc(-c4nc(-c5ccc(-c6ccccc6)cc5)nc(-c5ccc(-c6ccccc6)cc5)n4)cc3)ccc1-2.N#Cc1ccc2c(c1)C(c1ccccc1)(c1ccccc1)c1cc(-c3ccc(-c4nc(-c5ccccc5)nc(-c5ccc6ccccc6c5)n4)cc3)ccc1-2. The molecule has 2 aliphatic rings. The van der Waals surface area contributed by atoms with E-state index in [2.05, 4.69) is 382 Å². The zero-order chi connectivity index (χ0) is 78.9. The molecule has 2 aromatic heterocycles. The minimum Gasteiger partial charge on any atom is -0.208 e. The van der Waals surface area contributed by atoms with Crippen LogP contribution in [0.2, 0.25) is 0 Å². The van der Waals surface area contributed by atoms with Crippen LogP contribution in [0.3, 0.4) is 0 Å². The van der Waals surface area contributed by atoms with Gasteiger partial charge in [-0.1, -0.05) is 382 Å². The lowest BCUT2D eigenvalue weighted by Crippen LogP contribution is -2.28. The van der Waals surface area contributed by atoms with Gasteiger partial charge in [0.2, 0.25) is 0 Å². The highest BCUT2D eigenvalue weighted by atomic mass is 15.0. The molecule has 0 bridgehead atoms. The molecule has 19 aromatic rings. The van der Waals surface area contributed by atoms with Gasteiger partial charge in [-0.25, -0.2) is 29.9 Å². The number of benzene rings is 17. The van der Waals surface area contributed by atoms with E-state index < -0.39 is 10.8 Å². The average Bonchev–Trinajstić information content (AvgIpc) is 1.54. The molecule has 0 atom stereocenters. The molecule has 2 heterocycles. The molecule has 0 unspecified atom stereocenters. The second kappa shape index (κ2) is 30.5. The van der Waals surface area contributed by atoms with Crippen molar-refractivity contribution in [1.82, 2.24) is 29.9 Å². The summed E-state index contributed by atoms with van der Waals surface area (Å²) >= 11 is 0. The van der Waals surface area contributed by atoms with E-state index in [0.717, 1.165) is 128 Å². The Bertz CT molecular complexity index is 6880. The molecule has 0 radical (unpaired) electrons. The Hall–Kier alpha value is -16.0. The molecule has 8 nitrogen and oxygen atoms in total. The summed E-state index contributed by atoms with van der Waals surface area (Å²) in [5, 5.41) is 22.4. The van der Waals surface area contributed by atoms with Crippen LogP contribution >= 0.6 is 0 Å². The normalized spacial score (nSPS) is 12.4. The zero-order valence-electron chi connectivity index (χ0n) is 64.0. The molecule has 0 N–H and O–H groups in total. The summed E-state index contributed by atoms with van der Waals surface area (Å²) in [6.45, 7) is 0. The fourth-order valence-corrected chi connectivity index (χ4v) is 17.4. The maximum atomic E-state index is 10.1. The molecule has 17 aromatic carbocycles. The molecule has 0 amide bonds. The van der Waals surface area contributed by atoms with Crippen molar-refractivity contribution >= 4 is 10.8 Å². The molecule has 8 heteroatoms. The molecule has 550 valence electrons. The van der Waals surface area contributed by atoms with Crippen LogP contribution in [0.1, 0.15) is 55.6 Å². The molecule has 21 rings (SSSR count). The van der Waals surface area contributed by atoms with Crippen LogP contribution < -0.4 is 0 Å². The fourth-order valence-electron chi connectivity index (χ4n) is 17.4. The lowest BCUT2D eigenvalue weighted by molar-refractivity contribution is 0.768. The summed E-state index contributed by atoms with van der Waals surface area (Å²) in [4.78, 5) is 30.2. The van der Waals surface area contributed by atoms with Gasteiger partial charge in [-0.2, -0.15) is 10.5 Å². The van der Waals surface area contributed by atoms with Crippen molar-refractivity contribution in [1.29, 1.82) is 10.5 Å². The minimum absolute atomic E-state index is 0.602. The van der Waals surface area contributed by atoms with Crippen molar-refractivity contribution in [3.63, 3.8) is 0 Å². The summed E-state index contributed by atoms with van der Waals surface area (Å²) < 4.78 is 0. The van der Waals surface area contributed by atoms with Gasteiger partial charge in [-0.05, 0) is 165 Å². The average molecular weight is 1500 g/mol. The Labute approximate surface area is 685 Å². The highest BCUT2D eigenvalue weighted by molar-refractivity contribution is 5.92. The monoisotopic (exact) mass is 1500 g/mol. The third kappa shape index (κ3) is 12.9. The lowest BCUT2D eigenvalue weighted by Gasteiger charge is -2.34. The van der Waals surface area contributed by atoms with E-state index in [1.165, 1.54) is 27.6 Å². The smallest absolute Gasteiger partial charge is 0.164 e. The number of nitriles is 2. The van der Waals surface area contributed by atoms with Crippen molar-refractivity contribution in [2.24, 2.45) is 0 Å². The van der Waals surface area contributed by atoms with E-state index in [9.17, 15) is 10.5 Å². The van der Waals surface area contributed by atoms with Gasteiger partial charge in [0.25, 0.3) is 0 Å². The predicted molar refractivity (Wildman–Crippen MR) is 476 cm³/mol. The van der Waals surface area contributed by atoms with Crippen LogP contribution in [0.5, 0.6) is 0 Å². The van der Waals surface area contributed by atoms with E-state index in [-0.39, 0.29) is 0 Å². The van der Waals surface area contributed by atoms with Crippen LogP contribution in [0.25, 0.3) is 146 Å². The highest BCUT2D eigenvalue weighted by Crippen LogP contribution is 2.59. The molecule has 0 aliphatic heterocycles. The largest absolute Gasteiger partial charge is 0.208 e. The Morgan fingerprint density at radius 1 is 0.169 bits per heavy atom. The number of rotatable bonds is 14. The van der Waals surface area contributed by atoms with Gasteiger partial charge in [0.05, 0.1) is 34.1 Å².